The molecule has 0 aromatic carbocycles. The second-order valence-corrected chi connectivity index (χ2v) is 2.96. The summed E-state index contributed by atoms with van der Waals surface area (Å²) in [6.45, 7) is 8.46. The Bertz CT molecular complexity index is 117. The average molecular weight is 187 g/mol. The van der Waals surface area contributed by atoms with Gasteiger partial charge in [0.1, 0.15) is 0 Å². The van der Waals surface area contributed by atoms with Crippen LogP contribution in [0.3, 0.4) is 0 Å². The van der Waals surface area contributed by atoms with E-state index in [9.17, 15) is 5.11 Å². The molecule has 0 aliphatic rings. The Morgan fingerprint density at radius 2 is 2.31 bits per heavy atom. The van der Waals surface area contributed by atoms with Gasteiger partial charge in [-0.15, -0.1) is 6.58 Å². The molecule has 78 valence electrons. The summed E-state index contributed by atoms with van der Waals surface area (Å²) >= 11 is 0. The van der Waals surface area contributed by atoms with Crippen molar-refractivity contribution in [2.45, 2.75) is 25.9 Å². The van der Waals surface area contributed by atoms with Crippen molar-refractivity contribution in [2.24, 2.45) is 0 Å². The predicted molar refractivity (Wildman–Crippen MR) is 54.8 cm³/mol. The van der Waals surface area contributed by atoms with Gasteiger partial charge in [0.25, 0.3) is 0 Å². The quantitative estimate of drug-likeness (QED) is 0.417. The Morgan fingerprint density at radius 3 is 2.92 bits per heavy atom. The van der Waals surface area contributed by atoms with Crippen molar-refractivity contribution in [3.05, 3.63) is 12.7 Å². The van der Waals surface area contributed by atoms with E-state index in [0.717, 1.165) is 26.0 Å². The summed E-state index contributed by atoms with van der Waals surface area (Å²) in [5.41, 5.74) is 0. The zero-order chi connectivity index (χ0) is 9.94. The van der Waals surface area contributed by atoms with Gasteiger partial charge in [-0.25, -0.2) is 0 Å². The number of rotatable bonds is 9. The Morgan fingerprint density at radius 1 is 1.54 bits per heavy atom. The van der Waals surface area contributed by atoms with E-state index in [-0.39, 0.29) is 6.10 Å². The standard InChI is InChI=1S/C10H21NO2/c1-3-5-7-13-8-6-11-9-10(12)4-2/h3,10-12H,1,4-9H2,2H3. The minimum absolute atomic E-state index is 0.229. The molecule has 0 rings (SSSR count). The van der Waals surface area contributed by atoms with Gasteiger partial charge in [0.2, 0.25) is 0 Å². The maximum absolute atomic E-state index is 9.18. The highest BCUT2D eigenvalue weighted by atomic mass is 16.5. The zero-order valence-electron chi connectivity index (χ0n) is 8.46. The van der Waals surface area contributed by atoms with E-state index in [1.165, 1.54) is 0 Å². The van der Waals surface area contributed by atoms with Crippen molar-refractivity contribution in [3.8, 4) is 0 Å². The first-order valence-corrected chi connectivity index (χ1v) is 4.88. The molecule has 0 bridgehead atoms. The summed E-state index contributed by atoms with van der Waals surface area (Å²) in [4.78, 5) is 0. The maximum atomic E-state index is 9.18. The molecule has 2 N–H and O–H groups in total. The summed E-state index contributed by atoms with van der Waals surface area (Å²) in [5, 5.41) is 12.3. The average Bonchev–Trinajstić information content (AvgIpc) is 2.16. The molecule has 0 saturated heterocycles. The second kappa shape index (κ2) is 9.71. The molecule has 3 nitrogen and oxygen atoms in total. The normalized spacial score (nSPS) is 12.8. The SMILES string of the molecule is C=CCCOCCNCC(O)CC. The first-order valence-electron chi connectivity index (χ1n) is 4.88. The summed E-state index contributed by atoms with van der Waals surface area (Å²) in [5.74, 6) is 0. The van der Waals surface area contributed by atoms with E-state index in [2.05, 4.69) is 11.9 Å². The van der Waals surface area contributed by atoms with Crippen LogP contribution in [0.25, 0.3) is 0 Å². The summed E-state index contributed by atoms with van der Waals surface area (Å²) in [6.07, 6.45) is 3.31. The lowest BCUT2D eigenvalue weighted by Gasteiger charge is -2.09. The van der Waals surface area contributed by atoms with Gasteiger partial charge in [-0.1, -0.05) is 13.0 Å². The van der Waals surface area contributed by atoms with Crippen LogP contribution in [0.5, 0.6) is 0 Å². The van der Waals surface area contributed by atoms with Crippen molar-refractivity contribution >= 4 is 0 Å². The van der Waals surface area contributed by atoms with Gasteiger partial charge in [-0.3, -0.25) is 0 Å². The Kier molecular flexibility index (Phi) is 9.42. The summed E-state index contributed by atoms with van der Waals surface area (Å²) < 4.78 is 5.27. The number of aliphatic hydroxyl groups is 1. The number of hydrogen-bond donors (Lipinski definition) is 2. The molecule has 0 heterocycles. The van der Waals surface area contributed by atoms with Crippen LogP contribution in [0, 0.1) is 0 Å². The smallest absolute Gasteiger partial charge is 0.0662 e. The van der Waals surface area contributed by atoms with Crippen LogP contribution >= 0.6 is 0 Å². The molecule has 0 spiro atoms. The Balaban J connectivity index is 2.95. The van der Waals surface area contributed by atoms with Crippen LogP contribution < -0.4 is 5.32 Å². The summed E-state index contributed by atoms with van der Waals surface area (Å²) in [6, 6.07) is 0. The third-order valence-electron chi connectivity index (χ3n) is 1.74. The van der Waals surface area contributed by atoms with Crippen molar-refractivity contribution in [1.82, 2.24) is 5.32 Å². The molecular formula is C10H21NO2. The van der Waals surface area contributed by atoms with E-state index >= 15 is 0 Å². The fraction of sp³-hybridized carbons (Fsp3) is 0.800. The first kappa shape index (κ1) is 12.6. The first-order chi connectivity index (χ1) is 6.31. The Labute approximate surface area is 80.8 Å². The van der Waals surface area contributed by atoms with Gasteiger partial charge >= 0.3 is 0 Å². The fourth-order valence-electron chi connectivity index (χ4n) is 0.826. The summed E-state index contributed by atoms with van der Waals surface area (Å²) in [7, 11) is 0. The predicted octanol–water partition coefficient (Wildman–Crippen LogP) is 0.940. The van der Waals surface area contributed by atoms with Crippen LogP contribution in [0.15, 0.2) is 12.7 Å². The number of hydrogen-bond acceptors (Lipinski definition) is 3. The molecule has 0 aliphatic carbocycles. The van der Waals surface area contributed by atoms with Crippen molar-refractivity contribution in [1.29, 1.82) is 0 Å². The molecule has 0 fully saturated rings. The van der Waals surface area contributed by atoms with Crippen LogP contribution in [-0.4, -0.2) is 37.5 Å². The molecular weight excluding hydrogens is 166 g/mol. The lowest BCUT2D eigenvalue weighted by atomic mass is 10.3. The topological polar surface area (TPSA) is 41.5 Å². The number of ether oxygens (including phenoxy) is 1. The van der Waals surface area contributed by atoms with E-state index in [4.69, 9.17) is 4.74 Å². The molecule has 1 atom stereocenters. The van der Waals surface area contributed by atoms with Crippen molar-refractivity contribution < 1.29 is 9.84 Å². The highest BCUT2D eigenvalue weighted by Crippen LogP contribution is 1.86. The minimum Gasteiger partial charge on any atom is -0.392 e. The van der Waals surface area contributed by atoms with E-state index in [1.807, 2.05) is 13.0 Å². The molecule has 3 heteroatoms. The van der Waals surface area contributed by atoms with Gasteiger partial charge in [-0.05, 0) is 12.8 Å². The highest BCUT2D eigenvalue weighted by molar-refractivity contribution is 4.64. The minimum atomic E-state index is -0.229. The van der Waals surface area contributed by atoms with Gasteiger partial charge in [-0.2, -0.15) is 0 Å². The lowest BCUT2D eigenvalue weighted by Crippen LogP contribution is -2.29. The van der Waals surface area contributed by atoms with Gasteiger partial charge in [0.15, 0.2) is 0 Å². The molecule has 0 radical (unpaired) electrons. The van der Waals surface area contributed by atoms with Crippen molar-refractivity contribution in [3.63, 3.8) is 0 Å². The van der Waals surface area contributed by atoms with Crippen LogP contribution in [-0.2, 0) is 4.74 Å². The van der Waals surface area contributed by atoms with E-state index < -0.39 is 0 Å². The van der Waals surface area contributed by atoms with E-state index in [1.54, 1.807) is 0 Å². The zero-order valence-corrected chi connectivity index (χ0v) is 8.46. The van der Waals surface area contributed by atoms with Crippen LogP contribution in [0.2, 0.25) is 0 Å². The highest BCUT2D eigenvalue weighted by Gasteiger charge is 1.97. The molecule has 13 heavy (non-hydrogen) atoms. The largest absolute Gasteiger partial charge is 0.392 e. The number of nitrogens with one attached hydrogen (secondary N) is 1. The fourth-order valence-corrected chi connectivity index (χ4v) is 0.826. The van der Waals surface area contributed by atoms with Crippen LogP contribution in [0.4, 0.5) is 0 Å². The van der Waals surface area contributed by atoms with Gasteiger partial charge < -0.3 is 15.2 Å². The third-order valence-corrected chi connectivity index (χ3v) is 1.74. The van der Waals surface area contributed by atoms with Gasteiger partial charge in [0.05, 0.1) is 19.3 Å². The van der Waals surface area contributed by atoms with Crippen molar-refractivity contribution in [2.75, 3.05) is 26.3 Å². The lowest BCUT2D eigenvalue weighted by molar-refractivity contribution is 0.130. The molecule has 0 aliphatic heterocycles. The van der Waals surface area contributed by atoms with Crippen LogP contribution in [0.1, 0.15) is 19.8 Å². The maximum Gasteiger partial charge on any atom is 0.0662 e. The molecule has 0 aromatic rings. The third kappa shape index (κ3) is 9.53. The van der Waals surface area contributed by atoms with Gasteiger partial charge in [0, 0.05) is 13.1 Å². The molecule has 0 aromatic heterocycles. The monoisotopic (exact) mass is 187 g/mol. The molecule has 0 saturated carbocycles. The Hall–Kier alpha value is -0.380. The molecule has 0 amide bonds. The second-order valence-electron chi connectivity index (χ2n) is 2.96. The molecule has 1 unspecified atom stereocenters. The number of aliphatic hydroxyl groups excluding tert-OH is 1. The van der Waals surface area contributed by atoms with E-state index in [0.29, 0.717) is 13.2 Å².